The highest BCUT2D eigenvalue weighted by atomic mass is 32.2. The van der Waals surface area contributed by atoms with E-state index in [2.05, 4.69) is 0 Å². The van der Waals surface area contributed by atoms with Gasteiger partial charge in [0.1, 0.15) is 4.90 Å². The number of fused-ring (bicyclic) bond motifs is 1. The van der Waals surface area contributed by atoms with E-state index in [1.165, 1.54) is 18.2 Å². The van der Waals surface area contributed by atoms with Crippen molar-refractivity contribution < 1.29 is 32.3 Å². The average molecular weight is 616 g/mol. The van der Waals surface area contributed by atoms with Gasteiger partial charge in [0.05, 0.1) is 24.1 Å². The largest absolute Gasteiger partial charge is 0.464 e. The molecule has 4 aromatic rings. The van der Waals surface area contributed by atoms with Gasteiger partial charge in [-0.15, -0.1) is 0 Å². The van der Waals surface area contributed by atoms with E-state index in [1.54, 1.807) is 19.9 Å². The molecule has 0 spiro atoms. The molecule has 0 fully saturated rings. The zero-order chi connectivity index (χ0) is 30.6. The summed E-state index contributed by atoms with van der Waals surface area (Å²) in [5, 5.41) is 1.80. The smallest absolute Gasteiger partial charge is 0.337 e. The standard InChI is InChI=1S/C33H30NO7PS/c1-3-40-32(36)29(34-31(35)27-22-14-15-23-28(27)43(34,38)39)30(33(37)41-4-2)42(24-16-8-5-9-17-24,25-18-10-6-11-19-25)26-20-12-7-13-21-26/h5-23,29H,3-4H2,1-2H3. The normalized spacial score (nSPS) is 14.5. The molecule has 43 heavy (non-hydrogen) atoms. The quantitative estimate of drug-likeness (QED) is 0.210. The van der Waals surface area contributed by atoms with Gasteiger partial charge < -0.3 is 9.47 Å². The first-order valence-electron chi connectivity index (χ1n) is 13.7. The summed E-state index contributed by atoms with van der Waals surface area (Å²) >= 11 is 0. The lowest BCUT2D eigenvalue weighted by molar-refractivity contribution is -0.146. The highest BCUT2D eigenvalue weighted by Gasteiger charge is 2.53. The summed E-state index contributed by atoms with van der Waals surface area (Å²) in [5.41, 5.74) is -0.0944. The highest BCUT2D eigenvalue weighted by molar-refractivity contribution is 7.96. The average Bonchev–Trinajstić information content (AvgIpc) is 3.23. The second kappa shape index (κ2) is 12.4. The summed E-state index contributed by atoms with van der Waals surface area (Å²) in [5.74, 6) is -2.88. The Balaban J connectivity index is 2.05. The van der Waals surface area contributed by atoms with Crippen LogP contribution in [0.2, 0.25) is 0 Å². The number of ether oxygens (including phenoxy) is 2. The summed E-state index contributed by atoms with van der Waals surface area (Å²) in [6, 6.07) is 31.1. The number of amides is 1. The van der Waals surface area contributed by atoms with Gasteiger partial charge in [0.2, 0.25) is 0 Å². The maximum absolute atomic E-state index is 14.4. The molecule has 0 saturated heterocycles. The van der Waals surface area contributed by atoms with Gasteiger partial charge in [-0.1, -0.05) is 103 Å². The number of sulfonamides is 1. The van der Waals surface area contributed by atoms with Crippen LogP contribution in [0.25, 0.3) is 0 Å². The fourth-order valence-corrected chi connectivity index (χ4v) is 11.7. The fourth-order valence-electron chi connectivity index (χ4n) is 5.45. The molecule has 8 nitrogen and oxygen atoms in total. The first-order valence-corrected chi connectivity index (χ1v) is 17.0. The van der Waals surface area contributed by atoms with Crippen molar-refractivity contribution >= 4 is 56.0 Å². The van der Waals surface area contributed by atoms with Gasteiger partial charge in [0, 0.05) is 0 Å². The van der Waals surface area contributed by atoms with E-state index < -0.39 is 40.8 Å². The van der Waals surface area contributed by atoms with Gasteiger partial charge in [-0.25, -0.2) is 22.3 Å². The molecule has 0 aromatic heterocycles. The Bertz CT molecular complexity index is 1720. The van der Waals surface area contributed by atoms with Crippen molar-refractivity contribution in [2.45, 2.75) is 24.8 Å². The summed E-state index contributed by atoms with van der Waals surface area (Å²) in [6.45, 7) is -0.413. The van der Waals surface area contributed by atoms with Crippen LogP contribution in [-0.2, 0) is 29.1 Å². The third-order valence-corrected chi connectivity index (χ3v) is 13.3. The Morgan fingerprint density at radius 3 is 1.58 bits per heavy atom. The van der Waals surface area contributed by atoms with Crippen LogP contribution < -0.4 is 15.9 Å². The first-order chi connectivity index (χ1) is 20.8. The summed E-state index contributed by atoms with van der Waals surface area (Å²) in [4.78, 5) is 42.3. The molecule has 0 N–H and O–H groups in total. The molecule has 5 rings (SSSR count). The van der Waals surface area contributed by atoms with Crippen LogP contribution in [0.3, 0.4) is 0 Å². The van der Waals surface area contributed by atoms with Gasteiger partial charge in [-0.3, -0.25) is 4.79 Å². The van der Waals surface area contributed by atoms with Gasteiger partial charge in [0.15, 0.2) is 6.04 Å². The minimum atomic E-state index is -4.59. The molecule has 1 aliphatic heterocycles. The Morgan fingerprint density at radius 2 is 1.14 bits per heavy atom. The maximum atomic E-state index is 14.4. The van der Waals surface area contributed by atoms with Crippen molar-refractivity contribution in [2.75, 3.05) is 13.2 Å². The minimum absolute atomic E-state index is 0.0584. The summed E-state index contributed by atoms with van der Waals surface area (Å²) in [7, 11) is -4.59. The van der Waals surface area contributed by atoms with Gasteiger partial charge in [0.25, 0.3) is 15.9 Å². The fraction of sp³-hybridized carbons (Fsp3) is 0.152. The van der Waals surface area contributed by atoms with Crippen molar-refractivity contribution in [2.24, 2.45) is 0 Å². The van der Waals surface area contributed by atoms with E-state index in [0.717, 1.165) is 0 Å². The number of hydrogen-bond donors (Lipinski definition) is 0. The van der Waals surface area contributed by atoms with Crippen molar-refractivity contribution in [3.05, 3.63) is 121 Å². The molecule has 1 unspecified atom stereocenters. The van der Waals surface area contributed by atoms with Crippen LogP contribution in [0, 0.1) is 0 Å². The lowest BCUT2D eigenvalue weighted by Crippen LogP contribution is -2.55. The van der Waals surface area contributed by atoms with Crippen LogP contribution in [-0.4, -0.2) is 55.1 Å². The van der Waals surface area contributed by atoms with Crippen molar-refractivity contribution in [1.29, 1.82) is 0 Å². The Morgan fingerprint density at radius 1 is 0.698 bits per heavy atom. The molecule has 1 atom stereocenters. The summed E-state index contributed by atoms with van der Waals surface area (Å²) < 4.78 is 39.8. The van der Waals surface area contributed by atoms with E-state index in [4.69, 9.17) is 9.47 Å². The molecule has 0 radical (unpaired) electrons. The van der Waals surface area contributed by atoms with Crippen LogP contribution in [0.1, 0.15) is 24.2 Å². The SMILES string of the molecule is CCOC(=O)C(C(C(=O)OCC)N1C(=O)c2ccccc2S1(=O)=O)=P(c1ccccc1)(c1ccccc1)c1ccccc1. The maximum Gasteiger partial charge on any atom is 0.337 e. The van der Waals surface area contributed by atoms with Gasteiger partial charge in [-0.2, -0.15) is 0 Å². The van der Waals surface area contributed by atoms with E-state index in [-0.39, 0.29) is 29.0 Å². The van der Waals surface area contributed by atoms with E-state index >= 15 is 0 Å². The number of carbonyl (C=O) groups excluding carboxylic acids is 3. The second-order valence-corrected chi connectivity index (χ2v) is 14.7. The van der Waals surface area contributed by atoms with E-state index in [0.29, 0.717) is 20.2 Å². The molecule has 4 aromatic carbocycles. The minimum Gasteiger partial charge on any atom is -0.464 e. The van der Waals surface area contributed by atoms with Gasteiger partial charge in [-0.05, 0) is 48.8 Å². The first kappa shape index (κ1) is 30.0. The van der Waals surface area contributed by atoms with E-state index in [9.17, 15) is 22.8 Å². The number of nitrogens with zero attached hydrogens (tertiary/aromatic N) is 1. The Labute approximate surface area is 250 Å². The monoisotopic (exact) mass is 615 g/mol. The van der Waals surface area contributed by atoms with E-state index in [1.807, 2.05) is 91.0 Å². The Hall–Kier alpha value is -4.46. The molecular weight excluding hydrogens is 585 g/mol. The second-order valence-electron chi connectivity index (χ2n) is 9.54. The molecule has 10 heteroatoms. The molecule has 1 heterocycles. The van der Waals surface area contributed by atoms with Gasteiger partial charge >= 0.3 is 11.9 Å². The zero-order valence-electron chi connectivity index (χ0n) is 23.6. The number of benzene rings is 4. The van der Waals surface area contributed by atoms with Crippen LogP contribution in [0.4, 0.5) is 0 Å². The van der Waals surface area contributed by atoms with Crippen molar-refractivity contribution in [1.82, 2.24) is 4.31 Å². The molecule has 1 amide bonds. The Kier molecular flexibility index (Phi) is 8.67. The van der Waals surface area contributed by atoms with Crippen LogP contribution in [0.5, 0.6) is 0 Å². The highest BCUT2D eigenvalue weighted by Crippen LogP contribution is 2.49. The number of rotatable bonds is 9. The lowest BCUT2D eigenvalue weighted by atomic mass is 10.1. The number of carbonyl (C=O) groups is 3. The van der Waals surface area contributed by atoms with Crippen LogP contribution >= 0.6 is 6.89 Å². The molecule has 0 aliphatic carbocycles. The zero-order valence-corrected chi connectivity index (χ0v) is 25.3. The molecular formula is C33H30NO7PS. The molecule has 1 aliphatic rings. The van der Waals surface area contributed by atoms with Crippen molar-refractivity contribution in [3.8, 4) is 0 Å². The lowest BCUT2D eigenvalue weighted by Gasteiger charge is -2.36. The summed E-state index contributed by atoms with van der Waals surface area (Å²) in [6.07, 6.45) is 0. The predicted molar refractivity (Wildman–Crippen MR) is 167 cm³/mol. The number of esters is 2. The third-order valence-electron chi connectivity index (χ3n) is 7.13. The molecule has 0 saturated carbocycles. The van der Waals surface area contributed by atoms with Crippen LogP contribution in [0.15, 0.2) is 120 Å². The topological polar surface area (TPSA) is 107 Å². The molecule has 0 bridgehead atoms. The predicted octanol–water partition coefficient (Wildman–Crippen LogP) is 3.49. The number of hydrogen-bond acceptors (Lipinski definition) is 7. The molecule has 220 valence electrons. The third kappa shape index (κ3) is 5.09. The van der Waals surface area contributed by atoms with Crippen molar-refractivity contribution in [3.63, 3.8) is 0 Å².